The molecule has 0 aliphatic carbocycles. The Labute approximate surface area is 160 Å². The molecule has 3 heterocycles. The molecule has 0 radical (unpaired) electrons. The van der Waals surface area contributed by atoms with Crippen LogP contribution >= 0.6 is 35.7 Å². The zero-order chi connectivity index (χ0) is 20.9. The molecule has 2 aliphatic heterocycles. The topological polar surface area (TPSA) is 227 Å². The minimum atomic E-state index is -5.23. The summed E-state index contributed by atoms with van der Waals surface area (Å²) in [6, 6.07) is 0. The lowest BCUT2D eigenvalue weighted by atomic mass is 10.0. The molecule has 6 atom stereocenters. The lowest BCUT2D eigenvalue weighted by Gasteiger charge is -2.27. The number of aliphatic hydroxyl groups is 2. The Balaban J connectivity index is 1.74. The average Bonchev–Trinajstić information content (AvgIpc) is 2.78. The summed E-state index contributed by atoms with van der Waals surface area (Å²) in [5.41, 5.74) is -0.819. The summed E-state index contributed by atoms with van der Waals surface area (Å²) in [7, 11) is -15.5. The highest BCUT2D eigenvalue weighted by Crippen LogP contribution is 2.80. The summed E-state index contributed by atoms with van der Waals surface area (Å²) in [4.78, 5) is 35.0. The maximum Gasteiger partial charge on any atom is 0.492 e. The molecule has 0 amide bonds. The number of nitrogens with one attached hydrogen (secondary N) is 2. The number of ether oxygens (including phenoxy) is 1. The third-order valence-electron chi connectivity index (χ3n) is 3.53. The lowest BCUT2D eigenvalue weighted by Crippen LogP contribution is -2.33. The van der Waals surface area contributed by atoms with E-state index in [0.29, 0.717) is 0 Å². The highest BCUT2D eigenvalue weighted by molar-refractivity contribution is 7.74. The van der Waals surface area contributed by atoms with Gasteiger partial charge in [-0.15, -0.1) is 0 Å². The van der Waals surface area contributed by atoms with Gasteiger partial charge >= 0.3 is 23.5 Å². The Morgan fingerprint density at radius 2 is 1.71 bits per heavy atom. The van der Waals surface area contributed by atoms with E-state index in [1.54, 1.807) is 0 Å². The van der Waals surface area contributed by atoms with Crippen LogP contribution in [0.4, 0.5) is 0 Å². The SMILES string of the molecule is O=c1[nH]c(=S)[nH]cc1[C@@H]1O[C@H](COP2(=O)OP(=O)(O)OP(=O)(O)O2)C(O)[C@@H]1O. The predicted molar refractivity (Wildman–Crippen MR) is 88.3 cm³/mol. The molecule has 3 rings (SSSR count). The number of hydrogen-bond acceptors (Lipinski definition) is 12. The van der Waals surface area contributed by atoms with Crippen molar-refractivity contribution in [3.8, 4) is 0 Å². The Morgan fingerprint density at radius 3 is 2.29 bits per heavy atom. The summed E-state index contributed by atoms with van der Waals surface area (Å²) >= 11 is 4.73. The fourth-order valence-electron chi connectivity index (χ4n) is 2.41. The van der Waals surface area contributed by atoms with E-state index in [-0.39, 0.29) is 10.3 Å². The molecule has 0 aromatic carbocycles. The van der Waals surface area contributed by atoms with Crippen LogP contribution in [0.1, 0.15) is 11.7 Å². The first kappa shape index (κ1) is 22.1. The maximum atomic E-state index is 12.2. The van der Waals surface area contributed by atoms with E-state index in [4.69, 9.17) is 26.7 Å². The first-order valence-corrected chi connectivity index (χ1v) is 12.0. The standard InChI is InChI=1S/C9H13N2O13P3S/c12-5-4(2-20-27(19)23-25(15,16)22-26(17,18)24-27)21-7(6(5)13)3-1-10-9(28)11-8(3)14/h1,4-7,12-13H,2H2,(H,15,16)(H,17,18)(H2,10,11,14,28)/t4-,5?,6+,7+/m1/s1. The summed E-state index contributed by atoms with van der Waals surface area (Å²) in [6.07, 6.45) is -4.90. The van der Waals surface area contributed by atoms with E-state index in [2.05, 4.69) is 27.4 Å². The van der Waals surface area contributed by atoms with Crippen molar-refractivity contribution in [3.63, 3.8) is 0 Å². The van der Waals surface area contributed by atoms with Gasteiger partial charge in [0.25, 0.3) is 5.56 Å². The molecule has 15 nitrogen and oxygen atoms in total. The second-order valence-electron chi connectivity index (χ2n) is 5.53. The number of H-pyrrole nitrogens is 2. The molecule has 1 aromatic heterocycles. The highest BCUT2D eigenvalue weighted by atomic mass is 32.1. The van der Waals surface area contributed by atoms with Crippen LogP contribution in [0.3, 0.4) is 0 Å². The summed E-state index contributed by atoms with van der Waals surface area (Å²) in [5.74, 6) is 0. The van der Waals surface area contributed by atoms with Crippen molar-refractivity contribution >= 4 is 35.7 Å². The van der Waals surface area contributed by atoms with Crippen LogP contribution in [0.25, 0.3) is 0 Å². The molecule has 0 spiro atoms. The molecule has 0 saturated carbocycles. The predicted octanol–water partition coefficient (Wildman–Crippen LogP) is -0.0169. The normalized spacial score (nSPS) is 43.9. The van der Waals surface area contributed by atoms with E-state index in [0.717, 1.165) is 6.20 Å². The van der Waals surface area contributed by atoms with Crippen molar-refractivity contribution < 1.29 is 55.9 Å². The lowest BCUT2D eigenvalue weighted by molar-refractivity contribution is -0.0235. The van der Waals surface area contributed by atoms with Gasteiger partial charge in [-0.05, 0) is 12.2 Å². The Kier molecular flexibility index (Phi) is 6.00. The zero-order valence-corrected chi connectivity index (χ0v) is 16.8. The molecular formula is C9H13N2O13P3S. The molecule has 1 aromatic rings. The molecule has 2 fully saturated rings. The van der Waals surface area contributed by atoms with Crippen LogP contribution in [-0.2, 0) is 35.9 Å². The zero-order valence-electron chi connectivity index (χ0n) is 13.3. The van der Waals surface area contributed by atoms with Gasteiger partial charge in [0.2, 0.25) is 0 Å². The largest absolute Gasteiger partial charge is 0.492 e. The minimum Gasteiger partial charge on any atom is -0.387 e. The third kappa shape index (κ3) is 4.77. The molecule has 0 bridgehead atoms. The first-order valence-electron chi connectivity index (χ1n) is 7.18. The van der Waals surface area contributed by atoms with Crippen LogP contribution in [0, 0.1) is 4.77 Å². The van der Waals surface area contributed by atoms with Crippen molar-refractivity contribution in [1.82, 2.24) is 9.97 Å². The quantitative estimate of drug-likeness (QED) is 0.245. The van der Waals surface area contributed by atoms with Crippen molar-refractivity contribution in [1.29, 1.82) is 0 Å². The fourth-order valence-corrected chi connectivity index (χ4v) is 7.50. The smallest absolute Gasteiger partial charge is 0.387 e. The number of rotatable bonds is 4. The van der Waals surface area contributed by atoms with Crippen molar-refractivity contribution in [2.24, 2.45) is 0 Å². The molecule has 2 aliphatic rings. The molecule has 2 saturated heterocycles. The number of aromatic amines is 2. The van der Waals surface area contributed by atoms with E-state index in [1.165, 1.54) is 0 Å². The van der Waals surface area contributed by atoms with E-state index < -0.39 is 60.1 Å². The minimum absolute atomic E-state index is 0.00967. The van der Waals surface area contributed by atoms with Crippen LogP contribution in [0.15, 0.2) is 11.0 Å². The Hall–Kier alpha value is -0.570. The van der Waals surface area contributed by atoms with Gasteiger partial charge in [0.05, 0.1) is 12.2 Å². The van der Waals surface area contributed by atoms with E-state index in [9.17, 15) is 28.7 Å². The molecule has 28 heavy (non-hydrogen) atoms. The van der Waals surface area contributed by atoms with Gasteiger partial charge in [0.15, 0.2) is 4.77 Å². The van der Waals surface area contributed by atoms with E-state index >= 15 is 0 Å². The van der Waals surface area contributed by atoms with Crippen molar-refractivity contribution in [2.45, 2.75) is 24.4 Å². The average molecular weight is 482 g/mol. The highest BCUT2D eigenvalue weighted by Gasteiger charge is 2.55. The Bertz CT molecular complexity index is 995. The maximum absolute atomic E-state index is 12.2. The summed E-state index contributed by atoms with van der Waals surface area (Å²) < 4.78 is 56.7. The molecule has 158 valence electrons. The van der Waals surface area contributed by atoms with Crippen molar-refractivity contribution in [3.05, 3.63) is 26.9 Å². The van der Waals surface area contributed by atoms with Crippen LogP contribution in [0.5, 0.6) is 0 Å². The Morgan fingerprint density at radius 1 is 1.11 bits per heavy atom. The third-order valence-corrected chi connectivity index (χ3v) is 9.11. The number of phosphoric acid groups is 3. The van der Waals surface area contributed by atoms with Gasteiger partial charge in [-0.3, -0.25) is 14.3 Å². The molecule has 3 unspecified atom stereocenters. The summed E-state index contributed by atoms with van der Waals surface area (Å²) in [5, 5.41) is 20.1. The van der Waals surface area contributed by atoms with Crippen LogP contribution in [-0.4, -0.2) is 54.9 Å². The second kappa shape index (κ2) is 7.60. The van der Waals surface area contributed by atoms with Crippen LogP contribution < -0.4 is 5.56 Å². The van der Waals surface area contributed by atoms with Gasteiger partial charge in [-0.25, -0.2) is 13.7 Å². The first-order chi connectivity index (χ1) is 12.8. The van der Waals surface area contributed by atoms with Gasteiger partial charge in [-0.1, -0.05) is 0 Å². The van der Waals surface area contributed by atoms with Gasteiger partial charge in [-0.2, -0.15) is 12.9 Å². The number of aliphatic hydroxyl groups excluding tert-OH is 2. The monoisotopic (exact) mass is 482 g/mol. The van der Waals surface area contributed by atoms with Gasteiger partial charge in [0, 0.05) is 6.20 Å². The van der Waals surface area contributed by atoms with Gasteiger partial charge in [0.1, 0.15) is 24.4 Å². The molecule has 6 N–H and O–H groups in total. The van der Waals surface area contributed by atoms with Crippen LogP contribution in [0.2, 0.25) is 0 Å². The van der Waals surface area contributed by atoms with Crippen molar-refractivity contribution in [2.75, 3.05) is 6.61 Å². The fraction of sp³-hybridized carbons (Fsp3) is 0.556. The molecular weight excluding hydrogens is 469 g/mol. The number of hydrogen-bond donors (Lipinski definition) is 6. The second-order valence-corrected chi connectivity index (χ2v) is 10.9. The van der Waals surface area contributed by atoms with Gasteiger partial charge < -0.3 is 29.7 Å². The summed E-state index contributed by atoms with van der Waals surface area (Å²) in [6.45, 7) is -0.882. The van der Waals surface area contributed by atoms with E-state index in [1.807, 2.05) is 0 Å². The molecule has 19 heteroatoms. The number of aromatic nitrogens is 2.